The Kier molecular flexibility index (Phi) is 2.96. The molecule has 0 aromatic carbocycles. The summed E-state index contributed by atoms with van der Waals surface area (Å²) in [6.07, 6.45) is 3.54. The van der Waals surface area contributed by atoms with Crippen molar-refractivity contribution in [1.82, 2.24) is 15.0 Å². The molecule has 2 rings (SSSR count). The molecule has 0 radical (unpaired) electrons. The van der Waals surface area contributed by atoms with Crippen molar-refractivity contribution in [2.75, 3.05) is 0 Å². The Balaban J connectivity index is 2.21. The first kappa shape index (κ1) is 10.8. The third-order valence-electron chi connectivity index (χ3n) is 2.15. The fraction of sp³-hybridized carbons (Fsp3) is 0.273. The zero-order valence-electron chi connectivity index (χ0n) is 8.94. The molecular formula is C11H13FN4. The van der Waals surface area contributed by atoms with Gasteiger partial charge in [-0.3, -0.25) is 4.98 Å². The number of imidazole rings is 1. The summed E-state index contributed by atoms with van der Waals surface area (Å²) in [5.74, 6) is 0.468. The van der Waals surface area contributed by atoms with Gasteiger partial charge < -0.3 is 10.7 Å². The predicted molar refractivity (Wildman–Crippen MR) is 59.1 cm³/mol. The van der Waals surface area contributed by atoms with Crippen LogP contribution in [-0.4, -0.2) is 21.0 Å². The average Bonchev–Trinajstić information content (AvgIpc) is 2.66. The Labute approximate surface area is 92.7 Å². The molecule has 0 saturated heterocycles. The second-order valence-electron chi connectivity index (χ2n) is 3.79. The number of hydrogen-bond acceptors (Lipinski definition) is 3. The summed E-state index contributed by atoms with van der Waals surface area (Å²) in [6.45, 7) is 1.92. The molecule has 2 aromatic heterocycles. The highest BCUT2D eigenvalue weighted by molar-refractivity contribution is 5.52. The number of rotatable bonds is 3. The number of aromatic amines is 1. The smallest absolute Gasteiger partial charge is 0.141 e. The first-order valence-corrected chi connectivity index (χ1v) is 5.06. The molecule has 4 nitrogen and oxygen atoms in total. The third kappa shape index (κ3) is 2.43. The van der Waals surface area contributed by atoms with E-state index < -0.39 is 0 Å². The fourth-order valence-electron chi connectivity index (χ4n) is 1.44. The molecule has 2 aromatic rings. The molecule has 84 valence electrons. The Morgan fingerprint density at radius 3 is 2.81 bits per heavy atom. The Morgan fingerprint density at radius 2 is 2.19 bits per heavy atom. The minimum Gasteiger partial charge on any atom is -0.341 e. The number of aromatic nitrogens is 3. The van der Waals surface area contributed by atoms with Crippen molar-refractivity contribution in [3.63, 3.8) is 0 Å². The molecule has 0 bridgehead atoms. The summed E-state index contributed by atoms with van der Waals surface area (Å²) in [5, 5.41) is 0. The van der Waals surface area contributed by atoms with Crippen molar-refractivity contribution >= 4 is 0 Å². The maximum atomic E-state index is 12.7. The third-order valence-corrected chi connectivity index (χ3v) is 2.15. The molecule has 0 amide bonds. The topological polar surface area (TPSA) is 67.6 Å². The van der Waals surface area contributed by atoms with E-state index >= 15 is 0 Å². The summed E-state index contributed by atoms with van der Waals surface area (Å²) in [4.78, 5) is 11.3. The van der Waals surface area contributed by atoms with Crippen molar-refractivity contribution in [2.45, 2.75) is 19.4 Å². The van der Waals surface area contributed by atoms with Crippen LogP contribution in [0.15, 0.2) is 24.5 Å². The van der Waals surface area contributed by atoms with E-state index in [0.29, 0.717) is 12.1 Å². The van der Waals surface area contributed by atoms with Gasteiger partial charge in [-0.2, -0.15) is 0 Å². The summed E-state index contributed by atoms with van der Waals surface area (Å²) in [7, 11) is 0. The maximum Gasteiger partial charge on any atom is 0.141 e. The van der Waals surface area contributed by atoms with Crippen LogP contribution < -0.4 is 5.73 Å². The molecule has 16 heavy (non-hydrogen) atoms. The molecule has 0 aliphatic carbocycles. The van der Waals surface area contributed by atoms with E-state index in [2.05, 4.69) is 15.0 Å². The van der Waals surface area contributed by atoms with E-state index in [0.717, 1.165) is 11.5 Å². The SMILES string of the molecule is CC(N)Cc1ncc(-c2ccc(F)cn2)[nH]1. The van der Waals surface area contributed by atoms with Crippen molar-refractivity contribution in [2.24, 2.45) is 5.73 Å². The quantitative estimate of drug-likeness (QED) is 0.823. The second kappa shape index (κ2) is 4.40. The predicted octanol–water partition coefficient (Wildman–Crippen LogP) is 1.50. The average molecular weight is 220 g/mol. The number of hydrogen-bond donors (Lipinski definition) is 2. The van der Waals surface area contributed by atoms with Crippen molar-refractivity contribution in [3.8, 4) is 11.4 Å². The van der Waals surface area contributed by atoms with Crippen LogP contribution in [-0.2, 0) is 6.42 Å². The van der Waals surface area contributed by atoms with Gasteiger partial charge in [0.1, 0.15) is 11.6 Å². The molecule has 0 aliphatic heterocycles. The van der Waals surface area contributed by atoms with Crippen LogP contribution in [0.25, 0.3) is 11.4 Å². The number of H-pyrrole nitrogens is 1. The lowest BCUT2D eigenvalue weighted by Crippen LogP contribution is -2.18. The maximum absolute atomic E-state index is 12.7. The summed E-state index contributed by atoms with van der Waals surface area (Å²) < 4.78 is 12.7. The van der Waals surface area contributed by atoms with Crippen LogP contribution in [0.3, 0.4) is 0 Å². The van der Waals surface area contributed by atoms with Crippen LogP contribution in [0.4, 0.5) is 4.39 Å². The number of nitrogens with two attached hydrogens (primary N) is 1. The molecule has 1 atom stereocenters. The van der Waals surface area contributed by atoms with Gasteiger partial charge in [-0.25, -0.2) is 9.37 Å². The molecule has 2 heterocycles. The van der Waals surface area contributed by atoms with Gasteiger partial charge in [-0.15, -0.1) is 0 Å². The van der Waals surface area contributed by atoms with E-state index in [1.165, 1.54) is 12.3 Å². The number of pyridine rings is 1. The largest absolute Gasteiger partial charge is 0.341 e. The van der Waals surface area contributed by atoms with Gasteiger partial charge in [0.15, 0.2) is 0 Å². The van der Waals surface area contributed by atoms with E-state index in [1.54, 1.807) is 12.3 Å². The van der Waals surface area contributed by atoms with Crippen LogP contribution in [0.5, 0.6) is 0 Å². The van der Waals surface area contributed by atoms with Gasteiger partial charge in [0.05, 0.1) is 23.8 Å². The van der Waals surface area contributed by atoms with Crippen LogP contribution in [0.2, 0.25) is 0 Å². The Bertz CT molecular complexity index is 461. The zero-order chi connectivity index (χ0) is 11.5. The minimum absolute atomic E-state index is 0.0557. The highest BCUT2D eigenvalue weighted by Crippen LogP contribution is 2.14. The summed E-state index contributed by atoms with van der Waals surface area (Å²) in [6, 6.07) is 3.03. The van der Waals surface area contributed by atoms with Gasteiger partial charge in [0, 0.05) is 12.5 Å². The Hall–Kier alpha value is -1.75. The monoisotopic (exact) mass is 220 g/mol. The van der Waals surface area contributed by atoms with Crippen molar-refractivity contribution < 1.29 is 4.39 Å². The van der Waals surface area contributed by atoms with Gasteiger partial charge >= 0.3 is 0 Å². The van der Waals surface area contributed by atoms with Gasteiger partial charge in [-0.05, 0) is 19.1 Å². The lowest BCUT2D eigenvalue weighted by atomic mass is 10.2. The standard InChI is InChI=1S/C11H13FN4/c1-7(13)4-11-15-6-10(16-11)9-3-2-8(12)5-14-9/h2-3,5-7H,4,13H2,1H3,(H,15,16). The molecule has 0 spiro atoms. The number of halogens is 1. The van der Waals surface area contributed by atoms with Crippen LogP contribution >= 0.6 is 0 Å². The molecule has 3 N–H and O–H groups in total. The van der Waals surface area contributed by atoms with Gasteiger partial charge in [-0.1, -0.05) is 0 Å². The van der Waals surface area contributed by atoms with E-state index in [4.69, 9.17) is 5.73 Å². The zero-order valence-corrected chi connectivity index (χ0v) is 8.94. The lowest BCUT2D eigenvalue weighted by molar-refractivity contribution is 0.622. The lowest BCUT2D eigenvalue weighted by Gasteiger charge is -2.00. The summed E-state index contributed by atoms with van der Waals surface area (Å²) in [5.41, 5.74) is 7.11. The van der Waals surface area contributed by atoms with Crippen molar-refractivity contribution in [3.05, 3.63) is 36.2 Å². The molecular weight excluding hydrogens is 207 g/mol. The summed E-state index contributed by atoms with van der Waals surface area (Å²) >= 11 is 0. The molecule has 1 unspecified atom stereocenters. The first-order valence-electron chi connectivity index (χ1n) is 5.06. The number of nitrogens with zero attached hydrogens (tertiary/aromatic N) is 2. The van der Waals surface area contributed by atoms with E-state index in [9.17, 15) is 4.39 Å². The van der Waals surface area contributed by atoms with Crippen molar-refractivity contribution in [1.29, 1.82) is 0 Å². The highest BCUT2D eigenvalue weighted by atomic mass is 19.1. The molecule has 0 saturated carbocycles. The second-order valence-corrected chi connectivity index (χ2v) is 3.79. The Morgan fingerprint density at radius 1 is 1.38 bits per heavy atom. The highest BCUT2D eigenvalue weighted by Gasteiger charge is 2.06. The van der Waals surface area contributed by atoms with Crippen LogP contribution in [0.1, 0.15) is 12.7 Å². The molecule has 5 heteroatoms. The normalized spacial score (nSPS) is 12.7. The van der Waals surface area contributed by atoms with Gasteiger partial charge in [0.25, 0.3) is 0 Å². The molecule has 0 fully saturated rings. The molecule has 0 aliphatic rings. The van der Waals surface area contributed by atoms with Gasteiger partial charge in [0.2, 0.25) is 0 Å². The minimum atomic E-state index is -0.348. The fourth-order valence-corrected chi connectivity index (χ4v) is 1.44. The van der Waals surface area contributed by atoms with E-state index in [-0.39, 0.29) is 11.9 Å². The van der Waals surface area contributed by atoms with Crippen LogP contribution in [0, 0.1) is 5.82 Å². The first-order chi connectivity index (χ1) is 7.65. The van der Waals surface area contributed by atoms with E-state index in [1.807, 2.05) is 6.92 Å². The number of nitrogens with one attached hydrogen (secondary N) is 1.